The maximum Gasteiger partial charge on any atom is 0.249 e. The maximum atomic E-state index is 12.4. The molecule has 1 aromatic heterocycles. The highest BCUT2D eigenvalue weighted by Crippen LogP contribution is 2.36. The van der Waals surface area contributed by atoms with Gasteiger partial charge in [-0.1, -0.05) is 12.2 Å². The number of nitrogens with zero attached hydrogens (tertiary/aromatic N) is 2. The molecule has 1 aliphatic heterocycles. The zero-order valence-electron chi connectivity index (χ0n) is 12.4. The normalized spacial score (nSPS) is 25.3. The van der Waals surface area contributed by atoms with Crippen LogP contribution < -0.4 is 5.32 Å². The SMILES string of the molecule is Cc1csc(NC(=O)C(C)N2C(=O)C3CC=CCC3C2=O)n1. The summed E-state index contributed by atoms with van der Waals surface area (Å²) < 4.78 is 0. The predicted octanol–water partition coefficient (Wildman–Crippen LogP) is 1.73. The molecule has 0 saturated carbocycles. The third-order valence-electron chi connectivity index (χ3n) is 4.16. The first-order valence-electron chi connectivity index (χ1n) is 7.24. The van der Waals surface area contributed by atoms with Crippen LogP contribution in [-0.2, 0) is 14.4 Å². The van der Waals surface area contributed by atoms with E-state index in [1.807, 2.05) is 24.5 Å². The number of allylic oxidation sites excluding steroid dienone is 2. The molecule has 2 heterocycles. The number of carbonyl (C=O) groups excluding carboxylic acids is 3. The van der Waals surface area contributed by atoms with E-state index in [9.17, 15) is 14.4 Å². The second-order valence-corrected chi connectivity index (χ2v) is 6.52. The van der Waals surface area contributed by atoms with Gasteiger partial charge in [0, 0.05) is 5.38 Å². The fourth-order valence-electron chi connectivity index (χ4n) is 2.95. The van der Waals surface area contributed by atoms with E-state index >= 15 is 0 Å². The van der Waals surface area contributed by atoms with E-state index in [1.165, 1.54) is 11.3 Å². The summed E-state index contributed by atoms with van der Waals surface area (Å²) in [6, 6.07) is -0.824. The first kappa shape index (κ1) is 14.9. The largest absolute Gasteiger partial charge is 0.300 e. The predicted molar refractivity (Wildman–Crippen MR) is 82.1 cm³/mol. The molecule has 1 aliphatic carbocycles. The lowest BCUT2D eigenvalue weighted by molar-refractivity contribution is -0.146. The van der Waals surface area contributed by atoms with Crippen LogP contribution >= 0.6 is 11.3 Å². The Morgan fingerprint density at radius 3 is 2.41 bits per heavy atom. The highest BCUT2D eigenvalue weighted by atomic mass is 32.1. The maximum absolute atomic E-state index is 12.4. The van der Waals surface area contributed by atoms with Crippen molar-refractivity contribution in [2.75, 3.05) is 5.32 Å². The standard InChI is InChI=1S/C15H17N3O3S/c1-8-7-22-15(16-8)17-12(19)9(2)18-13(20)10-5-3-4-6-11(10)14(18)21/h3-4,7,9-11H,5-6H2,1-2H3,(H,16,17,19). The highest BCUT2D eigenvalue weighted by Gasteiger charge is 2.50. The zero-order valence-corrected chi connectivity index (χ0v) is 13.2. The van der Waals surface area contributed by atoms with Crippen LogP contribution in [0.15, 0.2) is 17.5 Å². The van der Waals surface area contributed by atoms with Gasteiger partial charge in [-0.2, -0.15) is 0 Å². The average Bonchev–Trinajstić information content (AvgIpc) is 3.01. The van der Waals surface area contributed by atoms with Crippen LogP contribution in [0, 0.1) is 18.8 Å². The fourth-order valence-corrected chi connectivity index (χ4v) is 3.64. The van der Waals surface area contributed by atoms with Crippen molar-refractivity contribution in [3.05, 3.63) is 23.2 Å². The summed E-state index contributed by atoms with van der Waals surface area (Å²) in [5.74, 6) is -1.48. The topological polar surface area (TPSA) is 79.4 Å². The molecule has 6 nitrogen and oxygen atoms in total. The number of imide groups is 1. The van der Waals surface area contributed by atoms with Gasteiger partial charge in [0.15, 0.2) is 5.13 Å². The van der Waals surface area contributed by atoms with Crippen molar-refractivity contribution in [3.63, 3.8) is 0 Å². The molecule has 1 N–H and O–H groups in total. The van der Waals surface area contributed by atoms with E-state index < -0.39 is 6.04 Å². The second-order valence-electron chi connectivity index (χ2n) is 5.66. The summed E-state index contributed by atoms with van der Waals surface area (Å²) in [6.45, 7) is 3.41. The van der Waals surface area contributed by atoms with Crippen LogP contribution in [0.4, 0.5) is 5.13 Å². The number of nitrogens with one attached hydrogen (secondary N) is 1. The van der Waals surface area contributed by atoms with Crippen molar-refractivity contribution < 1.29 is 14.4 Å². The highest BCUT2D eigenvalue weighted by molar-refractivity contribution is 7.13. The summed E-state index contributed by atoms with van der Waals surface area (Å²) in [6.07, 6.45) is 5.01. The number of aryl methyl sites for hydroxylation is 1. The molecule has 0 radical (unpaired) electrons. The van der Waals surface area contributed by atoms with Gasteiger partial charge in [0.05, 0.1) is 17.5 Å². The number of thiazole rings is 1. The van der Waals surface area contributed by atoms with Gasteiger partial charge in [-0.3, -0.25) is 19.3 Å². The van der Waals surface area contributed by atoms with Gasteiger partial charge >= 0.3 is 0 Å². The van der Waals surface area contributed by atoms with E-state index in [0.29, 0.717) is 18.0 Å². The molecule has 3 amide bonds. The number of amides is 3. The molecule has 0 aromatic carbocycles. The molecule has 0 bridgehead atoms. The number of aromatic nitrogens is 1. The van der Waals surface area contributed by atoms with Crippen LogP contribution in [0.2, 0.25) is 0 Å². The Bertz CT molecular complexity index is 641. The Balaban J connectivity index is 1.74. The van der Waals surface area contributed by atoms with E-state index in [2.05, 4.69) is 10.3 Å². The number of fused-ring (bicyclic) bond motifs is 1. The molecular formula is C15H17N3O3S. The number of hydrogen-bond acceptors (Lipinski definition) is 5. The molecule has 116 valence electrons. The smallest absolute Gasteiger partial charge is 0.249 e. The lowest BCUT2D eigenvalue weighted by Crippen LogP contribution is -2.46. The summed E-state index contributed by atoms with van der Waals surface area (Å²) in [4.78, 5) is 42.4. The summed E-state index contributed by atoms with van der Waals surface area (Å²) >= 11 is 1.32. The van der Waals surface area contributed by atoms with Crippen LogP contribution in [0.1, 0.15) is 25.5 Å². The van der Waals surface area contributed by atoms with Crippen LogP contribution in [0.3, 0.4) is 0 Å². The number of anilines is 1. The molecule has 2 aliphatic rings. The van der Waals surface area contributed by atoms with Gasteiger partial charge in [0.2, 0.25) is 17.7 Å². The minimum absolute atomic E-state index is 0.239. The Hall–Kier alpha value is -2.02. The van der Waals surface area contributed by atoms with Gasteiger partial charge in [0.1, 0.15) is 6.04 Å². The molecule has 0 spiro atoms. The minimum atomic E-state index is -0.824. The summed E-state index contributed by atoms with van der Waals surface area (Å²) in [5, 5.41) is 4.97. The van der Waals surface area contributed by atoms with Gasteiger partial charge < -0.3 is 5.32 Å². The Morgan fingerprint density at radius 2 is 1.91 bits per heavy atom. The molecule has 22 heavy (non-hydrogen) atoms. The Labute approximate surface area is 132 Å². The van der Waals surface area contributed by atoms with E-state index in [1.54, 1.807) is 6.92 Å². The molecule has 3 atom stereocenters. The van der Waals surface area contributed by atoms with E-state index in [-0.39, 0.29) is 29.6 Å². The molecule has 1 fully saturated rings. The van der Waals surface area contributed by atoms with Crippen LogP contribution in [0.5, 0.6) is 0 Å². The van der Waals surface area contributed by atoms with Crippen molar-refractivity contribution in [2.24, 2.45) is 11.8 Å². The van der Waals surface area contributed by atoms with Crippen molar-refractivity contribution in [1.82, 2.24) is 9.88 Å². The van der Waals surface area contributed by atoms with Crippen molar-refractivity contribution in [2.45, 2.75) is 32.7 Å². The van der Waals surface area contributed by atoms with Crippen molar-refractivity contribution in [1.29, 1.82) is 0 Å². The average molecular weight is 319 g/mol. The first-order chi connectivity index (χ1) is 10.5. The van der Waals surface area contributed by atoms with Crippen molar-refractivity contribution in [3.8, 4) is 0 Å². The third kappa shape index (κ3) is 2.45. The first-order valence-corrected chi connectivity index (χ1v) is 8.12. The molecule has 7 heteroatoms. The number of likely N-dealkylation sites (tertiary alicyclic amines) is 1. The third-order valence-corrected chi connectivity index (χ3v) is 5.03. The van der Waals surface area contributed by atoms with Gasteiger partial charge in [0.25, 0.3) is 0 Å². The van der Waals surface area contributed by atoms with Gasteiger partial charge in [-0.05, 0) is 26.7 Å². The zero-order chi connectivity index (χ0) is 15.9. The quantitative estimate of drug-likeness (QED) is 0.680. The van der Waals surface area contributed by atoms with Crippen LogP contribution in [0.25, 0.3) is 0 Å². The molecule has 3 rings (SSSR count). The van der Waals surface area contributed by atoms with Crippen LogP contribution in [-0.4, -0.2) is 33.6 Å². The number of rotatable bonds is 3. The second kappa shape index (κ2) is 5.64. The number of hydrogen-bond donors (Lipinski definition) is 1. The molecule has 3 unspecified atom stereocenters. The molecule has 1 aromatic rings. The Kier molecular flexibility index (Phi) is 3.82. The summed E-state index contributed by atoms with van der Waals surface area (Å²) in [5.41, 5.74) is 0.818. The lowest BCUT2D eigenvalue weighted by atomic mass is 9.85. The van der Waals surface area contributed by atoms with Gasteiger partial charge in [-0.15, -0.1) is 11.3 Å². The van der Waals surface area contributed by atoms with Gasteiger partial charge in [-0.25, -0.2) is 4.98 Å². The minimum Gasteiger partial charge on any atom is -0.300 e. The van der Waals surface area contributed by atoms with E-state index in [0.717, 1.165) is 10.6 Å². The monoisotopic (exact) mass is 319 g/mol. The Morgan fingerprint density at radius 1 is 1.32 bits per heavy atom. The van der Waals surface area contributed by atoms with Crippen molar-refractivity contribution >= 4 is 34.2 Å². The number of carbonyl (C=O) groups is 3. The molecule has 1 saturated heterocycles. The lowest BCUT2D eigenvalue weighted by Gasteiger charge is -2.21. The molecular weight excluding hydrogens is 302 g/mol. The fraction of sp³-hybridized carbons (Fsp3) is 0.467. The summed E-state index contributed by atoms with van der Waals surface area (Å²) in [7, 11) is 0. The van der Waals surface area contributed by atoms with E-state index in [4.69, 9.17) is 0 Å².